The van der Waals surface area contributed by atoms with Gasteiger partial charge in [0, 0.05) is 18.0 Å². The lowest BCUT2D eigenvalue weighted by Crippen LogP contribution is -1.89. The van der Waals surface area contributed by atoms with E-state index in [1.807, 2.05) is 12.1 Å². The highest BCUT2D eigenvalue weighted by Gasteiger charge is 2.11. The van der Waals surface area contributed by atoms with Crippen molar-refractivity contribution in [3.05, 3.63) is 48.0 Å². The molecule has 0 aliphatic carbocycles. The van der Waals surface area contributed by atoms with Crippen LogP contribution in [0.25, 0.3) is 16.9 Å². The molecule has 1 N–H and O–H groups in total. The van der Waals surface area contributed by atoms with Gasteiger partial charge in [0.15, 0.2) is 5.15 Å². The van der Waals surface area contributed by atoms with Gasteiger partial charge in [-0.1, -0.05) is 11.6 Å². The van der Waals surface area contributed by atoms with Gasteiger partial charge in [0.1, 0.15) is 11.6 Å². The van der Waals surface area contributed by atoms with Crippen molar-refractivity contribution >= 4 is 17.1 Å². The fraction of sp³-hybridized carbons (Fsp3) is 0. The molecule has 3 heterocycles. The molecule has 17 heavy (non-hydrogen) atoms. The van der Waals surface area contributed by atoms with E-state index in [-0.39, 0.29) is 5.75 Å². The van der Waals surface area contributed by atoms with Crippen LogP contribution in [0.1, 0.15) is 0 Å². The van der Waals surface area contributed by atoms with Crippen molar-refractivity contribution in [1.29, 1.82) is 0 Å². The second-order valence-corrected chi connectivity index (χ2v) is 3.97. The van der Waals surface area contributed by atoms with Crippen molar-refractivity contribution in [1.82, 2.24) is 14.4 Å². The molecule has 0 saturated heterocycles. The van der Waals surface area contributed by atoms with Crippen LogP contribution in [0.2, 0.25) is 5.15 Å². The van der Waals surface area contributed by atoms with Crippen LogP contribution in [0.3, 0.4) is 0 Å². The Bertz CT molecular complexity index is 679. The Morgan fingerprint density at radius 3 is 2.88 bits per heavy atom. The molecule has 3 rings (SSSR count). The molecule has 0 aliphatic heterocycles. The van der Waals surface area contributed by atoms with E-state index in [2.05, 4.69) is 9.97 Å². The summed E-state index contributed by atoms with van der Waals surface area (Å²) in [4.78, 5) is 8.32. The molecule has 0 bridgehead atoms. The van der Waals surface area contributed by atoms with Gasteiger partial charge in [-0.25, -0.2) is 4.98 Å². The molecule has 4 nitrogen and oxygen atoms in total. The SMILES string of the molecule is Oc1ccc2c(Cl)nc(-c3cccnc3)n2c1. The second-order valence-electron chi connectivity index (χ2n) is 3.61. The van der Waals surface area contributed by atoms with E-state index >= 15 is 0 Å². The fourth-order valence-electron chi connectivity index (χ4n) is 1.74. The third-order valence-electron chi connectivity index (χ3n) is 2.50. The van der Waals surface area contributed by atoms with Crippen LogP contribution >= 0.6 is 11.6 Å². The second kappa shape index (κ2) is 3.75. The molecule has 0 fully saturated rings. The van der Waals surface area contributed by atoms with Crippen molar-refractivity contribution in [2.45, 2.75) is 0 Å². The van der Waals surface area contributed by atoms with Crippen LogP contribution in [-0.4, -0.2) is 19.5 Å². The van der Waals surface area contributed by atoms with Gasteiger partial charge < -0.3 is 5.11 Å². The predicted octanol–water partition coefficient (Wildman–Crippen LogP) is 2.76. The van der Waals surface area contributed by atoms with Crippen molar-refractivity contribution in [3.63, 3.8) is 0 Å². The summed E-state index contributed by atoms with van der Waals surface area (Å²) < 4.78 is 1.74. The van der Waals surface area contributed by atoms with E-state index in [1.54, 1.807) is 35.1 Å². The Balaban J connectivity index is 2.34. The van der Waals surface area contributed by atoms with Crippen LogP contribution in [0.4, 0.5) is 0 Å². The van der Waals surface area contributed by atoms with Gasteiger partial charge in [-0.15, -0.1) is 0 Å². The summed E-state index contributed by atoms with van der Waals surface area (Å²) >= 11 is 6.05. The van der Waals surface area contributed by atoms with Crippen LogP contribution in [0.15, 0.2) is 42.9 Å². The van der Waals surface area contributed by atoms with Crippen LogP contribution in [-0.2, 0) is 0 Å². The Morgan fingerprint density at radius 2 is 2.12 bits per heavy atom. The Kier molecular flexibility index (Phi) is 2.23. The van der Waals surface area contributed by atoms with Crippen molar-refractivity contribution < 1.29 is 5.11 Å². The minimum Gasteiger partial charge on any atom is -0.506 e. The lowest BCUT2D eigenvalue weighted by atomic mass is 10.3. The zero-order valence-electron chi connectivity index (χ0n) is 8.71. The minimum absolute atomic E-state index is 0.164. The topological polar surface area (TPSA) is 50.4 Å². The smallest absolute Gasteiger partial charge is 0.155 e. The molecule has 84 valence electrons. The number of aromatic nitrogens is 3. The first-order valence-electron chi connectivity index (χ1n) is 5.02. The number of imidazole rings is 1. The van der Waals surface area contributed by atoms with E-state index < -0.39 is 0 Å². The highest BCUT2D eigenvalue weighted by molar-refractivity contribution is 6.32. The summed E-state index contributed by atoms with van der Waals surface area (Å²) in [6.07, 6.45) is 4.98. The normalized spacial score (nSPS) is 10.9. The molecular weight excluding hydrogens is 238 g/mol. The lowest BCUT2D eigenvalue weighted by Gasteiger charge is -2.00. The highest BCUT2D eigenvalue weighted by Crippen LogP contribution is 2.26. The van der Waals surface area contributed by atoms with Gasteiger partial charge in [-0.05, 0) is 24.3 Å². The number of halogens is 1. The Morgan fingerprint density at radius 1 is 1.24 bits per heavy atom. The number of pyridine rings is 2. The number of hydrogen-bond donors (Lipinski definition) is 1. The van der Waals surface area contributed by atoms with Crippen molar-refractivity contribution in [2.75, 3.05) is 0 Å². The van der Waals surface area contributed by atoms with Gasteiger partial charge in [-0.3, -0.25) is 9.38 Å². The van der Waals surface area contributed by atoms with Gasteiger partial charge >= 0.3 is 0 Å². The van der Waals surface area contributed by atoms with Crippen LogP contribution in [0, 0.1) is 0 Å². The maximum atomic E-state index is 9.50. The zero-order valence-corrected chi connectivity index (χ0v) is 9.46. The number of aromatic hydroxyl groups is 1. The minimum atomic E-state index is 0.164. The first-order chi connectivity index (χ1) is 8.25. The molecule has 0 atom stereocenters. The molecule has 0 aliphatic rings. The Labute approximate surface area is 102 Å². The zero-order chi connectivity index (χ0) is 11.8. The molecule has 3 aromatic rings. The average molecular weight is 246 g/mol. The maximum absolute atomic E-state index is 9.50. The summed E-state index contributed by atoms with van der Waals surface area (Å²) in [6, 6.07) is 7.02. The third-order valence-corrected chi connectivity index (χ3v) is 2.77. The number of fused-ring (bicyclic) bond motifs is 1. The maximum Gasteiger partial charge on any atom is 0.155 e. The molecule has 5 heteroatoms. The van der Waals surface area contributed by atoms with E-state index in [0.29, 0.717) is 11.0 Å². The number of nitrogens with zero attached hydrogens (tertiary/aromatic N) is 3. The quantitative estimate of drug-likeness (QED) is 0.717. The number of rotatable bonds is 1. The van der Waals surface area contributed by atoms with Crippen molar-refractivity contribution in [3.8, 4) is 17.1 Å². The average Bonchev–Trinajstić information content (AvgIpc) is 2.67. The molecule has 3 aromatic heterocycles. The van der Waals surface area contributed by atoms with Gasteiger partial charge in [0.05, 0.1) is 11.7 Å². The number of hydrogen-bond acceptors (Lipinski definition) is 3. The van der Waals surface area contributed by atoms with Crippen LogP contribution < -0.4 is 0 Å². The van der Waals surface area contributed by atoms with Crippen molar-refractivity contribution in [2.24, 2.45) is 0 Å². The summed E-state index contributed by atoms with van der Waals surface area (Å²) in [6.45, 7) is 0. The summed E-state index contributed by atoms with van der Waals surface area (Å²) in [5, 5.41) is 9.91. The molecule has 0 radical (unpaired) electrons. The molecule has 0 unspecified atom stereocenters. The third kappa shape index (κ3) is 1.62. The van der Waals surface area contributed by atoms with E-state index in [1.165, 1.54) is 0 Å². The lowest BCUT2D eigenvalue weighted by molar-refractivity contribution is 0.472. The molecule has 0 saturated carbocycles. The standard InChI is InChI=1S/C12H8ClN3O/c13-11-10-4-3-9(17)7-16(10)12(15-11)8-2-1-5-14-6-8/h1-7,17H. The fourth-order valence-corrected chi connectivity index (χ4v) is 1.97. The van der Waals surface area contributed by atoms with Gasteiger partial charge in [0.25, 0.3) is 0 Å². The predicted molar refractivity (Wildman–Crippen MR) is 65.1 cm³/mol. The monoisotopic (exact) mass is 245 g/mol. The van der Waals surface area contributed by atoms with Crippen LogP contribution in [0.5, 0.6) is 5.75 Å². The molecule has 0 aromatic carbocycles. The molecular formula is C12H8ClN3O. The van der Waals surface area contributed by atoms with E-state index in [4.69, 9.17) is 11.6 Å². The van der Waals surface area contributed by atoms with E-state index in [0.717, 1.165) is 11.1 Å². The first-order valence-corrected chi connectivity index (χ1v) is 5.40. The first kappa shape index (κ1) is 10.1. The van der Waals surface area contributed by atoms with Gasteiger partial charge in [0.2, 0.25) is 0 Å². The summed E-state index contributed by atoms with van der Waals surface area (Å²) in [5.41, 5.74) is 1.60. The summed E-state index contributed by atoms with van der Waals surface area (Å²) in [5.74, 6) is 0.825. The largest absolute Gasteiger partial charge is 0.506 e. The van der Waals surface area contributed by atoms with Gasteiger partial charge in [-0.2, -0.15) is 0 Å². The highest BCUT2D eigenvalue weighted by atomic mass is 35.5. The Hall–Kier alpha value is -2.07. The molecule has 0 amide bonds. The summed E-state index contributed by atoms with van der Waals surface area (Å²) in [7, 11) is 0. The van der Waals surface area contributed by atoms with E-state index in [9.17, 15) is 5.11 Å². The molecule has 0 spiro atoms.